The molecule has 0 aliphatic carbocycles. The van der Waals surface area contributed by atoms with Crippen molar-refractivity contribution in [3.8, 4) is 0 Å². The van der Waals surface area contributed by atoms with Gasteiger partial charge in [0.2, 0.25) is 5.91 Å². The summed E-state index contributed by atoms with van der Waals surface area (Å²) in [6.07, 6.45) is 55.3. The Balaban J connectivity index is 3.53. The quantitative estimate of drug-likeness (QED) is 0.0368. The Bertz CT molecular complexity index is 799. The third kappa shape index (κ3) is 39.1. The van der Waals surface area contributed by atoms with Crippen molar-refractivity contribution >= 4 is 5.91 Å². The van der Waals surface area contributed by atoms with Gasteiger partial charge in [-0.1, -0.05) is 250 Å². The van der Waals surface area contributed by atoms with E-state index in [1.807, 2.05) is 6.08 Å². The highest BCUT2D eigenvalue weighted by Gasteiger charge is 2.22. The Morgan fingerprint density at radius 1 is 0.444 bits per heavy atom. The van der Waals surface area contributed by atoms with Crippen LogP contribution < -0.4 is 5.32 Å². The SMILES string of the molecule is CCCCCCCC/C=C/CC/C=C/C(O)C(CO)NC(=O)C(O)CCCCCCCCCCCCCCCCCCCCCCCCCCCCCC. The van der Waals surface area contributed by atoms with Crippen LogP contribution in [0.15, 0.2) is 24.3 Å². The maximum Gasteiger partial charge on any atom is 0.249 e. The molecule has 0 bridgehead atoms. The van der Waals surface area contributed by atoms with Crippen molar-refractivity contribution in [3.05, 3.63) is 24.3 Å². The molecule has 3 atom stereocenters. The number of aliphatic hydroxyl groups excluding tert-OH is 3. The standard InChI is InChI=1S/C49H95NO4/c1-3-5-7-9-11-13-15-17-18-19-20-21-22-23-24-25-26-27-28-29-30-31-32-34-36-38-40-42-44-48(53)49(54)50-46(45-51)47(52)43-41-39-37-35-33-16-14-12-10-8-6-4-2/h33,35,41,43,46-48,51-53H,3-32,34,36-40,42,44-45H2,1-2H3,(H,50,54)/b35-33+,43-41+. The Kier molecular flexibility index (Phi) is 43.6. The summed E-state index contributed by atoms with van der Waals surface area (Å²) in [5, 5.41) is 33.1. The van der Waals surface area contributed by atoms with Gasteiger partial charge < -0.3 is 20.6 Å². The number of unbranched alkanes of at least 4 members (excludes halogenated alkanes) is 34. The number of nitrogens with one attached hydrogen (secondary N) is 1. The molecule has 0 aliphatic rings. The van der Waals surface area contributed by atoms with Crippen molar-refractivity contribution in [2.75, 3.05) is 6.61 Å². The summed E-state index contributed by atoms with van der Waals surface area (Å²) in [6.45, 7) is 4.17. The first kappa shape index (κ1) is 52.8. The molecule has 54 heavy (non-hydrogen) atoms. The molecule has 0 radical (unpaired) electrons. The highest BCUT2D eigenvalue weighted by molar-refractivity contribution is 5.80. The molecule has 0 saturated carbocycles. The Labute approximate surface area is 337 Å². The molecular weight excluding hydrogens is 667 g/mol. The molecular formula is C49H95NO4. The third-order valence-electron chi connectivity index (χ3n) is 11.3. The molecule has 5 nitrogen and oxygen atoms in total. The van der Waals surface area contributed by atoms with E-state index in [4.69, 9.17) is 0 Å². The largest absolute Gasteiger partial charge is 0.394 e. The second kappa shape index (κ2) is 44.5. The van der Waals surface area contributed by atoms with Crippen LogP contribution in [0.3, 0.4) is 0 Å². The van der Waals surface area contributed by atoms with Gasteiger partial charge in [0.1, 0.15) is 6.10 Å². The fourth-order valence-electron chi connectivity index (χ4n) is 7.50. The molecule has 1 amide bonds. The van der Waals surface area contributed by atoms with Crippen molar-refractivity contribution in [1.82, 2.24) is 5.32 Å². The third-order valence-corrected chi connectivity index (χ3v) is 11.3. The van der Waals surface area contributed by atoms with Gasteiger partial charge in [-0.2, -0.15) is 0 Å². The molecule has 0 saturated heterocycles. The van der Waals surface area contributed by atoms with Gasteiger partial charge >= 0.3 is 0 Å². The predicted octanol–water partition coefficient (Wildman–Crippen LogP) is 14.2. The molecule has 0 aliphatic heterocycles. The Hall–Kier alpha value is -1.17. The Morgan fingerprint density at radius 3 is 1.13 bits per heavy atom. The summed E-state index contributed by atoms with van der Waals surface area (Å²) in [5.41, 5.74) is 0. The summed E-state index contributed by atoms with van der Waals surface area (Å²) in [6, 6.07) is -0.810. The van der Waals surface area contributed by atoms with Crippen LogP contribution in [-0.2, 0) is 4.79 Å². The summed E-state index contributed by atoms with van der Waals surface area (Å²) >= 11 is 0. The lowest BCUT2D eigenvalue weighted by molar-refractivity contribution is -0.131. The minimum atomic E-state index is -1.10. The van der Waals surface area contributed by atoms with E-state index in [0.717, 1.165) is 38.5 Å². The molecule has 0 aromatic carbocycles. The van der Waals surface area contributed by atoms with E-state index in [-0.39, 0.29) is 6.61 Å². The summed E-state index contributed by atoms with van der Waals surface area (Å²) in [5.74, 6) is -0.510. The highest BCUT2D eigenvalue weighted by atomic mass is 16.3. The minimum Gasteiger partial charge on any atom is -0.394 e. The summed E-state index contributed by atoms with van der Waals surface area (Å²) < 4.78 is 0. The van der Waals surface area contributed by atoms with Crippen LogP contribution >= 0.6 is 0 Å². The molecule has 0 fully saturated rings. The van der Waals surface area contributed by atoms with Gasteiger partial charge in [0.15, 0.2) is 0 Å². The average Bonchev–Trinajstić information content (AvgIpc) is 3.18. The summed E-state index contributed by atoms with van der Waals surface area (Å²) in [4.78, 5) is 12.5. The van der Waals surface area contributed by atoms with Gasteiger partial charge in [0, 0.05) is 0 Å². The first-order chi connectivity index (χ1) is 26.6. The lowest BCUT2D eigenvalue weighted by atomic mass is 10.0. The fourth-order valence-corrected chi connectivity index (χ4v) is 7.50. The predicted molar refractivity (Wildman–Crippen MR) is 236 cm³/mol. The van der Waals surface area contributed by atoms with Gasteiger partial charge in [0.05, 0.1) is 18.8 Å². The van der Waals surface area contributed by atoms with E-state index in [1.54, 1.807) is 6.08 Å². The topological polar surface area (TPSA) is 89.8 Å². The monoisotopic (exact) mass is 762 g/mol. The molecule has 0 aromatic heterocycles. The first-order valence-corrected chi connectivity index (χ1v) is 24.2. The summed E-state index contributed by atoms with van der Waals surface area (Å²) in [7, 11) is 0. The number of amides is 1. The van der Waals surface area contributed by atoms with Crippen LogP contribution in [0.4, 0.5) is 0 Å². The van der Waals surface area contributed by atoms with Crippen molar-refractivity contribution in [3.63, 3.8) is 0 Å². The second-order valence-electron chi connectivity index (χ2n) is 16.7. The average molecular weight is 762 g/mol. The van der Waals surface area contributed by atoms with E-state index < -0.39 is 24.2 Å². The molecule has 5 heteroatoms. The van der Waals surface area contributed by atoms with Crippen LogP contribution in [0.25, 0.3) is 0 Å². The van der Waals surface area contributed by atoms with E-state index in [9.17, 15) is 20.1 Å². The molecule has 3 unspecified atom stereocenters. The minimum absolute atomic E-state index is 0.373. The Morgan fingerprint density at radius 2 is 0.759 bits per heavy atom. The van der Waals surface area contributed by atoms with Gasteiger partial charge in [-0.3, -0.25) is 4.79 Å². The van der Waals surface area contributed by atoms with Crippen molar-refractivity contribution < 1.29 is 20.1 Å². The zero-order valence-corrected chi connectivity index (χ0v) is 36.4. The van der Waals surface area contributed by atoms with Crippen LogP contribution in [0.1, 0.15) is 258 Å². The van der Waals surface area contributed by atoms with Gasteiger partial charge in [0.25, 0.3) is 0 Å². The number of carbonyl (C=O) groups excluding carboxylic acids is 1. The highest BCUT2D eigenvalue weighted by Crippen LogP contribution is 2.17. The second-order valence-corrected chi connectivity index (χ2v) is 16.7. The number of aliphatic hydroxyl groups is 3. The molecule has 0 heterocycles. The molecule has 4 N–H and O–H groups in total. The molecule has 0 aromatic rings. The van der Waals surface area contributed by atoms with Crippen LogP contribution in [0.2, 0.25) is 0 Å². The molecule has 0 rings (SSSR count). The van der Waals surface area contributed by atoms with E-state index in [1.165, 1.54) is 199 Å². The molecule has 0 spiro atoms. The van der Waals surface area contributed by atoms with E-state index in [0.29, 0.717) is 6.42 Å². The van der Waals surface area contributed by atoms with Gasteiger partial charge in [-0.25, -0.2) is 0 Å². The van der Waals surface area contributed by atoms with E-state index in [2.05, 4.69) is 31.3 Å². The number of carbonyl (C=O) groups is 1. The lowest BCUT2D eigenvalue weighted by Crippen LogP contribution is -2.48. The maximum atomic E-state index is 12.5. The van der Waals surface area contributed by atoms with Crippen LogP contribution in [-0.4, -0.2) is 46.1 Å². The van der Waals surface area contributed by atoms with Crippen molar-refractivity contribution in [2.24, 2.45) is 0 Å². The number of rotatable bonds is 44. The van der Waals surface area contributed by atoms with Crippen molar-refractivity contribution in [1.29, 1.82) is 0 Å². The zero-order valence-electron chi connectivity index (χ0n) is 36.4. The smallest absolute Gasteiger partial charge is 0.249 e. The van der Waals surface area contributed by atoms with E-state index >= 15 is 0 Å². The molecule has 320 valence electrons. The number of hydrogen-bond acceptors (Lipinski definition) is 4. The lowest BCUT2D eigenvalue weighted by Gasteiger charge is -2.21. The number of allylic oxidation sites excluding steroid dienone is 3. The van der Waals surface area contributed by atoms with Crippen molar-refractivity contribution in [2.45, 2.75) is 276 Å². The van der Waals surface area contributed by atoms with Gasteiger partial charge in [-0.15, -0.1) is 0 Å². The normalized spacial score (nSPS) is 13.6. The fraction of sp³-hybridized carbons (Fsp3) is 0.898. The zero-order chi connectivity index (χ0) is 39.4. The van der Waals surface area contributed by atoms with Crippen LogP contribution in [0, 0.1) is 0 Å². The van der Waals surface area contributed by atoms with Gasteiger partial charge in [-0.05, 0) is 32.1 Å². The van der Waals surface area contributed by atoms with Crippen LogP contribution in [0.5, 0.6) is 0 Å². The maximum absolute atomic E-state index is 12.5. The first-order valence-electron chi connectivity index (χ1n) is 24.2. The number of hydrogen-bond donors (Lipinski definition) is 4.